The van der Waals surface area contributed by atoms with Gasteiger partial charge in [0.2, 0.25) is 5.95 Å². The molecule has 1 aliphatic rings. The fourth-order valence-corrected chi connectivity index (χ4v) is 3.30. The maximum Gasteiger partial charge on any atom is 0.272 e. The monoisotopic (exact) mass is 383 g/mol. The summed E-state index contributed by atoms with van der Waals surface area (Å²) in [6.45, 7) is 9.08. The second-order valence-corrected chi connectivity index (χ2v) is 6.97. The largest absolute Gasteiger partial charge is 0.497 e. The lowest BCUT2D eigenvalue weighted by molar-refractivity contribution is 0.0637. The van der Waals surface area contributed by atoms with Gasteiger partial charge in [0.25, 0.3) is 5.91 Å². The first-order valence-electron chi connectivity index (χ1n) is 9.83. The zero-order valence-corrected chi connectivity index (χ0v) is 16.9. The summed E-state index contributed by atoms with van der Waals surface area (Å²) in [5, 5.41) is 3.24. The molecular weight excluding hydrogens is 354 g/mol. The van der Waals surface area contributed by atoms with Crippen LogP contribution in [0.5, 0.6) is 5.75 Å². The minimum Gasteiger partial charge on any atom is -0.497 e. The quantitative estimate of drug-likeness (QED) is 0.791. The van der Waals surface area contributed by atoms with Crippen LogP contribution < -0.4 is 10.1 Å². The number of methoxy groups -OCH3 is 1. The summed E-state index contributed by atoms with van der Waals surface area (Å²) in [5.41, 5.74) is 2.45. The van der Waals surface area contributed by atoms with Crippen LogP contribution in [0.15, 0.2) is 30.3 Å². The Kier molecular flexibility index (Phi) is 6.81. The maximum absolute atomic E-state index is 12.8. The molecule has 2 aromatic rings. The summed E-state index contributed by atoms with van der Waals surface area (Å²) in [4.78, 5) is 25.9. The molecule has 0 saturated carbocycles. The van der Waals surface area contributed by atoms with Crippen LogP contribution in [0.4, 0.5) is 5.95 Å². The van der Waals surface area contributed by atoms with Gasteiger partial charge in [-0.15, -0.1) is 0 Å². The van der Waals surface area contributed by atoms with E-state index in [2.05, 4.69) is 27.1 Å². The highest BCUT2D eigenvalue weighted by Crippen LogP contribution is 2.13. The molecule has 28 heavy (non-hydrogen) atoms. The highest BCUT2D eigenvalue weighted by Gasteiger charge is 2.23. The summed E-state index contributed by atoms with van der Waals surface area (Å²) in [7, 11) is 1.66. The first-order valence-corrected chi connectivity index (χ1v) is 9.83. The number of benzene rings is 1. The number of carbonyl (C=O) groups is 1. The molecule has 1 amide bonds. The summed E-state index contributed by atoms with van der Waals surface area (Å²) in [5.74, 6) is 1.34. The Hall–Kier alpha value is -2.67. The molecule has 0 radical (unpaired) electrons. The number of anilines is 1. The van der Waals surface area contributed by atoms with Crippen molar-refractivity contribution in [2.75, 3.05) is 51.7 Å². The number of rotatable bonds is 7. The van der Waals surface area contributed by atoms with Crippen molar-refractivity contribution in [1.29, 1.82) is 0 Å². The first-order chi connectivity index (χ1) is 13.6. The predicted molar refractivity (Wildman–Crippen MR) is 110 cm³/mol. The Morgan fingerprint density at radius 2 is 1.86 bits per heavy atom. The van der Waals surface area contributed by atoms with E-state index in [9.17, 15) is 4.79 Å². The van der Waals surface area contributed by atoms with Crippen molar-refractivity contribution >= 4 is 11.9 Å². The SMILES string of the molecule is CCN1CCN(C(=O)c2cc(C)nc(NCCc3ccc(OC)cc3)n2)CC1. The van der Waals surface area contributed by atoms with Crippen molar-refractivity contribution < 1.29 is 9.53 Å². The number of carbonyl (C=O) groups excluding carboxylic acids is 1. The Balaban J connectivity index is 1.58. The van der Waals surface area contributed by atoms with Gasteiger partial charge in [-0.1, -0.05) is 19.1 Å². The number of hydrogen-bond acceptors (Lipinski definition) is 6. The van der Waals surface area contributed by atoms with Gasteiger partial charge >= 0.3 is 0 Å². The molecular formula is C21H29N5O2. The van der Waals surface area contributed by atoms with Gasteiger partial charge in [0.15, 0.2) is 0 Å². The second-order valence-electron chi connectivity index (χ2n) is 6.97. The van der Waals surface area contributed by atoms with Crippen LogP contribution in [-0.4, -0.2) is 72.1 Å². The van der Waals surface area contributed by atoms with E-state index in [-0.39, 0.29) is 5.91 Å². The molecule has 7 nitrogen and oxygen atoms in total. The molecule has 0 spiro atoms. The number of likely N-dealkylation sites (N-methyl/N-ethyl adjacent to an activating group) is 1. The van der Waals surface area contributed by atoms with Crippen LogP contribution in [0.2, 0.25) is 0 Å². The highest BCUT2D eigenvalue weighted by atomic mass is 16.5. The number of hydrogen-bond donors (Lipinski definition) is 1. The van der Waals surface area contributed by atoms with Crippen LogP contribution in [0.1, 0.15) is 28.7 Å². The molecule has 0 atom stereocenters. The van der Waals surface area contributed by atoms with Gasteiger partial charge in [0.05, 0.1) is 7.11 Å². The standard InChI is InChI=1S/C21H29N5O2/c1-4-25-11-13-26(14-12-25)20(27)19-15-16(2)23-21(24-19)22-10-9-17-5-7-18(28-3)8-6-17/h5-8,15H,4,9-14H2,1-3H3,(H,22,23,24). The highest BCUT2D eigenvalue weighted by molar-refractivity contribution is 5.92. The number of nitrogens with one attached hydrogen (secondary N) is 1. The number of nitrogens with zero attached hydrogens (tertiary/aromatic N) is 4. The molecule has 1 aromatic carbocycles. The van der Waals surface area contributed by atoms with E-state index in [4.69, 9.17) is 4.74 Å². The van der Waals surface area contributed by atoms with E-state index >= 15 is 0 Å². The molecule has 150 valence electrons. The number of aromatic nitrogens is 2. The average Bonchev–Trinajstić information content (AvgIpc) is 2.73. The van der Waals surface area contributed by atoms with Crippen molar-refractivity contribution in [2.24, 2.45) is 0 Å². The summed E-state index contributed by atoms with van der Waals surface area (Å²) >= 11 is 0. The average molecular weight is 383 g/mol. The third kappa shape index (κ3) is 5.19. The second kappa shape index (κ2) is 9.50. The topological polar surface area (TPSA) is 70.6 Å². The van der Waals surface area contributed by atoms with Crippen molar-refractivity contribution in [1.82, 2.24) is 19.8 Å². The molecule has 1 saturated heterocycles. The van der Waals surface area contributed by atoms with E-state index < -0.39 is 0 Å². The normalized spacial score (nSPS) is 14.8. The molecule has 1 aromatic heterocycles. The Morgan fingerprint density at radius 3 is 2.50 bits per heavy atom. The summed E-state index contributed by atoms with van der Waals surface area (Å²) < 4.78 is 5.18. The zero-order valence-electron chi connectivity index (χ0n) is 16.9. The Morgan fingerprint density at radius 1 is 1.14 bits per heavy atom. The van der Waals surface area contributed by atoms with Crippen molar-refractivity contribution in [3.05, 3.63) is 47.3 Å². The minimum atomic E-state index is -0.0144. The van der Waals surface area contributed by atoms with Crippen LogP contribution in [0.3, 0.4) is 0 Å². The number of aryl methyl sites for hydroxylation is 1. The van der Waals surface area contributed by atoms with Crippen LogP contribution in [-0.2, 0) is 6.42 Å². The summed E-state index contributed by atoms with van der Waals surface area (Å²) in [6.07, 6.45) is 0.837. The van der Waals surface area contributed by atoms with Gasteiger partial charge in [-0.05, 0) is 43.7 Å². The van der Waals surface area contributed by atoms with Crippen molar-refractivity contribution in [3.8, 4) is 5.75 Å². The minimum absolute atomic E-state index is 0.0144. The van der Waals surface area contributed by atoms with E-state index in [1.807, 2.05) is 36.1 Å². The smallest absolute Gasteiger partial charge is 0.272 e. The van der Waals surface area contributed by atoms with Crippen molar-refractivity contribution in [2.45, 2.75) is 20.3 Å². The molecule has 0 aliphatic carbocycles. The van der Waals surface area contributed by atoms with Crippen molar-refractivity contribution in [3.63, 3.8) is 0 Å². The molecule has 1 aliphatic heterocycles. The lowest BCUT2D eigenvalue weighted by atomic mass is 10.1. The predicted octanol–water partition coefficient (Wildman–Crippen LogP) is 2.23. The molecule has 7 heteroatoms. The van der Waals surface area contributed by atoms with E-state index in [0.29, 0.717) is 18.2 Å². The lowest BCUT2D eigenvalue weighted by Crippen LogP contribution is -2.48. The fraction of sp³-hybridized carbons (Fsp3) is 0.476. The molecule has 0 unspecified atom stereocenters. The van der Waals surface area contributed by atoms with Gasteiger partial charge in [0, 0.05) is 38.4 Å². The molecule has 2 heterocycles. The van der Waals surface area contributed by atoms with Gasteiger partial charge in [-0.25, -0.2) is 9.97 Å². The molecule has 1 N–H and O–H groups in total. The maximum atomic E-state index is 12.8. The lowest BCUT2D eigenvalue weighted by Gasteiger charge is -2.33. The third-order valence-corrected chi connectivity index (χ3v) is 5.04. The van der Waals surface area contributed by atoms with Gasteiger partial charge in [-0.2, -0.15) is 0 Å². The van der Waals surface area contributed by atoms with E-state index in [0.717, 1.165) is 50.6 Å². The van der Waals surface area contributed by atoms with Gasteiger partial charge < -0.3 is 19.9 Å². The van der Waals surface area contributed by atoms with Crippen LogP contribution >= 0.6 is 0 Å². The molecule has 0 bridgehead atoms. The number of amides is 1. The molecule has 3 rings (SSSR count). The van der Waals surface area contributed by atoms with Gasteiger partial charge in [-0.3, -0.25) is 4.79 Å². The van der Waals surface area contributed by atoms with Gasteiger partial charge in [0.1, 0.15) is 11.4 Å². The van der Waals surface area contributed by atoms with E-state index in [1.54, 1.807) is 13.2 Å². The molecule has 1 fully saturated rings. The first kappa shape index (κ1) is 20.1. The zero-order chi connectivity index (χ0) is 19.9. The summed E-state index contributed by atoms with van der Waals surface area (Å²) in [6, 6.07) is 9.76. The van der Waals surface area contributed by atoms with E-state index in [1.165, 1.54) is 5.56 Å². The van der Waals surface area contributed by atoms with Crippen LogP contribution in [0, 0.1) is 6.92 Å². The Bertz CT molecular complexity index is 786. The fourth-order valence-electron chi connectivity index (χ4n) is 3.30. The number of ether oxygens (including phenoxy) is 1. The third-order valence-electron chi connectivity index (χ3n) is 5.04. The Labute approximate surface area is 166 Å². The van der Waals surface area contributed by atoms with Crippen LogP contribution in [0.25, 0.3) is 0 Å². The number of piperazine rings is 1.